The summed E-state index contributed by atoms with van der Waals surface area (Å²) in [5.74, 6) is -4.20. The maximum absolute atomic E-state index is 11.5. The van der Waals surface area contributed by atoms with Gasteiger partial charge >= 0.3 is 18.0 Å². The molecule has 1 amide bonds. The SMILES string of the molecule is CC(C)(C)OC(=O)N(O)C(C(=O)O)C(=O)CCC(=O)O. The van der Waals surface area contributed by atoms with Crippen molar-refractivity contribution in [3.05, 3.63) is 0 Å². The van der Waals surface area contributed by atoms with Crippen LogP contribution in [0, 0.1) is 0 Å². The predicted octanol–water partition coefficient (Wildman–Crippen LogP) is 0.500. The van der Waals surface area contributed by atoms with E-state index in [-0.39, 0.29) is 5.06 Å². The van der Waals surface area contributed by atoms with E-state index in [2.05, 4.69) is 0 Å². The molecule has 0 aliphatic heterocycles. The van der Waals surface area contributed by atoms with Gasteiger partial charge in [-0.25, -0.2) is 9.59 Å². The second-order valence-electron chi connectivity index (χ2n) is 4.93. The van der Waals surface area contributed by atoms with Crippen LogP contribution in [0.25, 0.3) is 0 Å². The molecule has 0 rings (SSSR count). The predicted molar refractivity (Wildman–Crippen MR) is 63.2 cm³/mol. The van der Waals surface area contributed by atoms with Gasteiger partial charge in [-0.1, -0.05) is 0 Å². The Morgan fingerprint density at radius 2 is 1.60 bits per heavy atom. The summed E-state index contributed by atoms with van der Waals surface area (Å²) < 4.78 is 4.71. The van der Waals surface area contributed by atoms with Crippen LogP contribution in [0.4, 0.5) is 4.79 Å². The van der Waals surface area contributed by atoms with Gasteiger partial charge < -0.3 is 14.9 Å². The number of carbonyl (C=O) groups excluding carboxylic acids is 2. The molecule has 0 aliphatic rings. The summed E-state index contributed by atoms with van der Waals surface area (Å²) >= 11 is 0. The van der Waals surface area contributed by atoms with Gasteiger partial charge in [-0.2, -0.15) is 5.06 Å². The van der Waals surface area contributed by atoms with E-state index in [1.165, 1.54) is 20.8 Å². The molecule has 0 bridgehead atoms. The maximum Gasteiger partial charge on any atom is 0.435 e. The fourth-order valence-corrected chi connectivity index (χ4v) is 1.16. The third kappa shape index (κ3) is 6.14. The second kappa shape index (κ2) is 6.85. The Labute approximate surface area is 114 Å². The Morgan fingerprint density at radius 3 is 1.95 bits per heavy atom. The molecule has 0 saturated carbocycles. The third-order valence-electron chi connectivity index (χ3n) is 1.95. The first-order chi connectivity index (χ1) is 8.95. The highest BCUT2D eigenvalue weighted by atomic mass is 16.6. The van der Waals surface area contributed by atoms with Gasteiger partial charge in [0, 0.05) is 6.42 Å². The molecular formula is C11H17NO8. The quantitative estimate of drug-likeness (QED) is 0.365. The standard InChI is InChI=1S/C11H17NO8/c1-11(2,3)20-10(18)12(19)8(9(16)17)6(13)4-5-7(14)15/h8,19H,4-5H2,1-3H3,(H,14,15)(H,16,17). The number of nitrogens with zero attached hydrogens (tertiary/aromatic N) is 1. The van der Waals surface area contributed by atoms with Crippen LogP contribution in [0.15, 0.2) is 0 Å². The molecule has 3 N–H and O–H groups in total. The molecular weight excluding hydrogens is 274 g/mol. The number of hydrogen-bond acceptors (Lipinski definition) is 6. The number of rotatable bonds is 6. The number of amides is 1. The molecule has 0 fully saturated rings. The van der Waals surface area contributed by atoms with Crippen molar-refractivity contribution >= 4 is 23.8 Å². The number of hydroxylamine groups is 2. The second-order valence-corrected chi connectivity index (χ2v) is 4.93. The van der Waals surface area contributed by atoms with Gasteiger partial charge in [-0.15, -0.1) is 0 Å². The summed E-state index contributed by atoms with van der Waals surface area (Å²) in [4.78, 5) is 44.3. The molecule has 0 spiro atoms. The smallest absolute Gasteiger partial charge is 0.435 e. The summed E-state index contributed by atoms with van der Waals surface area (Å²) in [6, 6.07) is -2.20. The Kier molecular flexibility index (Phi) is 6.11. The van der Waals surface area contributed by atoms with Gasteiger partial charge in [-0.3, -0.25) is 14.8 Å². The molecule has 0 aromatic rings. The van der Waals surface area contributed by atoms with Gasteiger partial charge in [0.1, 0.15) is 5.60 Å². The van der Waals surface area contributed by atoms with E-state index in [1.54, 1.807) is 0 Å². The van der Waals surface area contributed by atoms with Crippen molar-refractivity contribution in [3.63, 3.8) is 0 Å². The van der Waals surface area contributed by atoms with Crippen molar-refractivity contribution < 1.29 is 39.3 Å². The minimum absolute atomic E-state index is 0.349. The summed E-state index contributed by atoms with van der Waals surface area (Å²) in [6.45, 7) is 4.46. The van der Waals surface area contributed by atoms with E-state index in [9.17, 15) is 24.4 Å². The molecule has 20 heavy (non-hydrogen) atoms. The maximum atomic E-state index is 11.5. The molecule has 0 aliphatic carbocycles. The van der Waals surface area contributed by atoms with Gasteiger partial charge in [-0.05, 0) is 20.8 Å². The van der Waals surface area contributed by atoms with Crippen molar-refractivity contribution in [1.29, 1.82) is 0 Å². The number of carboxylic acid groups (broad SMARTS) is 2. The summed E-state index contributed by atoms with van der Waals surface area (Å²) in [5, 5.41) is 26.4. The summed E-state index contributed by atoms with van der Waals surface area (Å²) in [7, 11) is 0. The number of Topliss-reactive ketones (excluding diaryl/α,β-unsaturated/α-hetero) is 1. The molecule has 0 aromatic carbocycles. The lowest BCUT2D eigenvalue weighted by Gasteiger charge is -2.26. The number of aliphatic carboxylic acids is 2. The highest BCUT2D eigenvalue weighted by Crippen LogP contribution is 2.12. The van der Waals surface area contributed by atoms with E-state index >= 15 is 0 Å². The van der Waals surface area contributed by atoms with E-state index in [0.29, 0.717) is 0 Å². The topological polar surface area (TPSA) is 141 Å². The van der Waals surface area contributed by atoms with Crippen LogP contribution in [0.1, 0.15) is 33.6 Å². The fourth-order valence-electron chi connectivity index (χ4n) is 1.16. The zero-order chi connectivity index (χ0) is 16.1. The van der Waals surface area contributed by atoms with Gasteiger partial charge in [0.2, 0.25) is 6.04 Å². The molecule has 0 aromatic heterocycles. The Balaban J connectivity index is 4.91. The number of ether oxygens (including phenoxy) is 1. The molecule has 0 heterocycles. The zero-order valence-electron chi connectivity index (χ0n) is 11.3. The minimum Gasteiger partial charge on any atom is -0.481 e. The largest absolute Gasteiger partial charge is 0.481 e. The molecule has 0 radical (unpaired) electrons. The molecule has 0 saturated heterocycles. The van der Waals surface area contributed by atoms with Gasteiger partial charge in [0.05, 0.1) is 6.42 Å². The van der Waals surface area contributed by atoms with Gasteiger partial charge in [0.15, 0.2) is 5.78 Å². The van der Waals surface area contributed by atoms with Crippen molar-refractivity contribution in [1.82, 2.24) is 5.06 Å². The van der Waals surface area contributed by atoms with Crippen molar-refractivity contribution in [2.45, 2.75) is 45.3 Å². The lowest BCUT2D eigenvalue weighted by molar-refractivity contribution is -0.170. The van der Waals surface area contributed by atoms with E-state index in [1.807, 2.05) is 0 Å². The lowest BCUT2D eigenvalue weighted by Crippen LogP contribution is -2.49. The fraction of sp³-hybridized carbons (Fsp3) is 0.636. The van der Waals surface area contributed by atoms with Crippen molar-refractivity contribution in [3.8, 4) is 0 Å². The van der Waals surface area contributed by atoms with E-state index < -0.39 is 48.3 Å². The molecule has 9 nitrogen and oxygen atoms in total. The first-order valence-electron chi connectivity index (χ1n) is 5.64. The Bertz CT molecular complexity index is 411. The lowest BCUT2D eigenvalue weighted by atomic mass is 10.1. The first-order valence-corrected chi connectivity index (χ1v) is 5.64. The van der Waals surface area contributed by atoms with E-state index in [0.717, 1.165) is 0 Å². The summed E-state index contributed by atoms with van der Waals surface area (Å²) in [5.41, 5.74) is -0.995. The summed E-state index contributed by atoms with van der Waals surface area (Å²) in [6.07, 6.45) is -2.65. The highest BCUT2D eigenvalue weighted by molar-refractivity contribution is 6.04. The molecule has 1 atom stereocenters. The monoisotopic (exact) mass is 291 g/mol. The molecule has 9 heteroatoms. The van der Waals surface area contributed by atoms with E-state index in [4.69, 9.17) is 14.9 Å². The Hall–Kier alpha value is -2.16. The van der Waals surface area contributed by atoms with Crippen LogP contribution >= 0.6 is 0 Å². The van der Waals surface area contributed by atoms with Crippen LogP contribution < -0.4 is 0 Å². The van der Waals surface area contributed by atoms with Crippen LogP contribution in [0.5, 0.6) is 0 Å². The highest BCUT2D eigenvalue weighted by Gasteiger charge is 2.37. The van der Waals surface area contributed by atoms with Crippen LogP contribution in [0.3, 0.4) is 0 Å². The average molecular weight is 291 g/mol. The molecule has 114 valence electrons. The number of hydrogen-bond donors (Lipinski definition) is 3. The van der Waals surface area contributed by atoms with Crippen LogP contribution in [-0.4, -0.2) is 55.9 Å². The normalized spacial score (nSPS) is 12.4. The van der Waals surface area contributed by atoms with Crippen LogP contribution in [0.2, 0.25) is 0 Å². The first kappa shape index (κ1) is 17.8. The number of carbonyl (C=O) groups is 4. The van der Waals surface area contributed by atoms with Crippen molar-refractivity contribution in [2.75, 3.05) is 0 Å². The third-order valence-corrected chi connectivity index (χ3v) is 1.95. The average Bonchev–Trinajstić information content (AvgIpc) is 2.23. The zero-order valence-corrected chi connectivity index (χ0v) is 11.3. The minimum atomic E-state index is -2.20. The van der Waals surface area contributed by atoms with Crippen molar-refractivity contribution in [2.24, 2.45) is 0 Å². The number of ketones is 1. The molecule has 1 unspecified atom stereocenters. The van der Waals surface area contributed by atoms with Crippen LogP contribution in [-0.2, 0) is 19.1 Å². The Morgan fingerprint density at radius 1 is 1.10 bits per heavy atom. The van der Waals surface area contributed by atoms with Gasteiger partial charge in [0.25, 0.3) is 0 Å². The number of carboxylic acids is 2.